The second-order valence-electron chi connectivity index (χ2n) is 6.62. The van der Waals surface area contributed by atoms with Gasteiger partial charge in [0, 0.05) is 18.0 Å². The summed E-state index contributed by atoms with van der Waals surface area (Å²) in [5.41, 5.74) is 3.33. The molecule has 2 aromatic heterocycles. The number of imidazole rings is 1. The highest BCUT2D eigenvalue weighted by Crippen LogP contribution is 2.24. The molecule has 0 aliphatic heterocycles. The molecule has 2 amide bonds. The van der Waals surface area contributed by atoms with E-state index in [2.05, 4.69) is 10.6 Å². The molecular formula is C22H20N4O2S. The first-order chi connectivity index (χ1) is 14.1. The summed E-state index contributed by atoms with van der Waals surface area (Å²) < 4.78 is 1.98. The van der Waals surface area contributed by atoms with Crippen LogP contribution in [0.3, 0.4) is 0 Å². The minimum atomic E-state index is -0.431. The molecule has 1 atom stereocenters. The van der Waals surface area contributed by atoms with E-state index in [9.17, 15) is 9.59 Å². The number of carbonyl (C=O) groups is 2. The number of hydrogen-bond acceptors (Lipinski definition) is 4. The Morgan fingerprint density at radius 2 is 1.83 bits per heavy atom. The summed E-state index contributed by atoms with van der Waals surface area (Å²) in [6.45, 7) is -0.109. The van der Waals surface area contributed by atoms with Crippen molar-refractivity contribution in [1.29, 1.82) is 0 Å². The quantitative estimate of drug-likeness (QED) is 0.518. The number of rotatable bonds is 6. The molecule has 0 spiro atoms. The van der Waals surface area contributed by atoms with E-state index in [1.54, 1.807) is 11.4 Å². The topological polar surface area (TPSA) is 76.0 Å². The summed E-state index contributed by atoms with van der Waals surface area (Å²) in [5, 5.41) is 9.26. The maximum Gasteiger partial charge on any atom is 0.252 e. The fraction of sp³-hybridized carbons (Fsp3) is 0.136. The third-order valence-corrected chi connectivity index (χ3v) is 5.39. The van der Waals surface area contributed by atoms with Gasteiger partial charge in [-0.05, 0) is 29.1 Å². The van der Waals surface area contributed by atoms with Crippen LogP contribution in [0, 0.1) is 0 Å². The number of aromatic nitrogens is 2. The molecule has 4 aromatic rings. The first kappa shape index (κ1) is 18.9. The Hall–Kier alpha value is -3.45. The van der Waals surface area contributed by atoms with Crippen molar-refractivity contribution >= 4 is 34.2 Å². The summed E-state index contributed by atoms with van der Waals surface area (Å²) >= 11 is 1.44. The average Bonchev–Trinajstić information content (AvgIpc) is 3.40. The zero-order valence-electron chi connectivity index (χ0n) is 15.8. The molecule has 0 aliphatic rings. The number of nitrogens with zero attached hydrogens (tertiary/aromatic N) is 2. The molecule has 0 saturated carbocycles. The van der Waals surface area contributed by atoms with Gasteiger partial charge in [0.2, 0.25) is 5.91 Å². The molecule has 0 fully saturated rings. The molecule has 4 rings (SSSR count). The highest BCUT2D eigenvalue weighted by Gasteiger charge is 2.22. The first-order valence-electron chi connectivity index (χ1n) is 9.19. The van der Waals surface area contributed by atoms with Gasteiger partial charge in [-0.3, -0.25) is 9.59 Å². The van der Waals surface area contributed by atoms with Crippen molar-refractivity contribution in [2.75, 3.05) is 6.54 Å². The molecule has 0 aliphatic carbocycles. The number of carbonyl (C=O) groups excluding carboxylic acids is 2. The van der Waals surface area contributed by atoms with Crippen molar-refractivity contribution in [1.82, 2.24) is 20.2 Å². The SMILES string of the molecule is Cn1c(C(NC(=O)CNC(=O)c2ccsc2)c2ccccc2)nc2ccccc21. The zero-order chi connectivity index (χ0) is 20.2. The molecule has 6 nitrogen and oxygen atoms in total. The number of fused-ring (bicyclic) bond motifs is 1. The van der Waals surface area contributed by atoms with Gasteiger partial charge in [-0.1, -0.05) is 42.5 Å². The van der Waals surface area contributed by atoms with Gasteiger partial charge in [0.25, 0.3) is 5.91 Å². The summed E-state index contributed by atoms with van der Waals surface area (Å²) in [6, 6.07) is 18.8. The highest BCUT2D eigenvalue weighted by molar-refractivity contribution is 7.08. The van der Waals surface area contributed by atoms with Crippen molar-refractivity contribution < 1.29 is 9.59 Å². The molecule has 146 valence electrons. The molecule has 29 heavy (non-hydrogen) atoms. The largest absolute Gasteiger partial charge is 0.343 e. The van der Waals surface area contributed by atoms with Crippen molar-refractivity contribution in [3.05, 3.63) is 88.4 Å². The second kappa shape index (κ2) is 8.28. The second-order valence-corrected chi connectivity index (χ2v) is 7.40. The van der Waals surface area contributed by atoms with E-state index in [1.807, 2.05) is 71.6 Å². The number of nitrogens with one attached hydrogen (secondary N) is 2. The van der Waals surface area contributed by atoms with E-state index in [0.29, 0.717) is 5.56 Å². The van der Waals surface area contributed by atoms with Crippen LogP contribution >= 0.6 is 11.3 Å². The average molecular weight is 404 g/mol. The Labute approximate surface area is 172 Å². The van der Waals surface area contributed by atoms with Crippen LogP contribution in [0.4, 0.5) is 0 Å². The molecular weight excluding hydrogens is 384 g/mol. The molecule has 2 N–H and O–H groups in total. The van der Waals surface area contributed by atoms with E-state index < -0.39 is 6.04 Å². The lowest BCUT2D eigenvalue weighted by atomic mass is 10.1. The zero-order valence-corrected chi connectivity index (χ0v) is 16.6. The van der Waals surface area contributed by atoms with Gasteiger partial charge >= 0.3 is 0 Å². The maximum atomic E-state index is 12.6. The van der Waals surface area contributed by atoms with Crippen LogP contribution in [-0.4, -0.2) is 27.9 Å². The third kappa shape index (κ3) is 4.05. The lowest BCUT2D eigenvalue weighted by Crippen LogP contribution is -2.39. The fourth-order valence-corrected chi connectivity index (χ4v) is 3.87. The maximum absolute atomic E-state index is 12.6. The lowest BCUT2D eigenvalue weighted by Gasteiger charge is -2.19. The van der Waals surface area contributed by atoms with Gasteiger partial charge in [0.1, 0.15) is 11.9 Å². The summed E-state index contributed by atoms with van der Waals surface area (Å²) in [4.78, 5) is 29.5. The number of hydrogen-bond donors (Lipinski definition) is 2. The Balaban J connectivity index is 1.57. The van der Waals surface area contributed by atoms with Crippen molar-refractivity contribution in [3.8, 4) is 0 Å². The number of benzene rings is 2. The van der Waals surface area contributed by atoms with E-state index >= 15 is 0 Å². The van der Waals surface area contributed by atoms with Crippen molar-refractivity contribution in [2.45, 2.75) is 6.04 Å². The number of amides is 2. The van der Waals surface area contributed by atoms with Crippen LogP contribution in [0.1, 0.15) is 27.8 Å². The molecule has 0 radical (unpaired) electrons. The number of aryl methyl sites for hydroxylation is 1. The Bertz CT molecular complexity index is 1140. The van der Waals surface area contributed by atoms with Crippen molar-refractivity contribution in [2.24, 2.45) is 7.05 Å². The van der Waals surface area contributed by atoms with Crippen LogP contribution in [-0.2, 0) is 11.8 Å². The Morgan fingerprint density at radius 3 is 2.55 bits per heavy atom. The van der Waals surface area contributed by atoms with Gasteiger partial charge in [0.15, 0.2) is 0 Å². The Kier molecular flexibility index (Phi) is 5.39. The fourth-order valence-electron chi connectivity index (χ4n) is 3.23. The molecule has 2 aromatic carbocycles. The van der Waals surface area contributed by atoms with Crippen LogP contribution in [0.15, 0.2) is 71.4 Å². The number of thiophene rings is 1. The van der Waals surface area contributed by atoms with E-state index in [4.69, 9.17) is 4.98 Å². The standard InChI is InChI=1S/C22H20N4O2S/c1-26-18-10-6-5-9-17(18)24-21(26)20(15-7-3-2-4-8-15)25-19(27)13-23-22(28)16-11-12-29-14-16/h2-12,14,20H,13H2,1H3,(H,23,28)(H,25,27). The van der Waals surface area contributed by atoms with Crippen molar-refractivity contribution in [3.63, 3.8) is 0 Å². The minimum absolute atomic E-state index is 0.109. The lowest BCUT2D eigenvalue weighted by molar-refractivity contribution is -0.120. The summed E-state index contributed by atoms with van der Waals surface area (Å²) in [5.74, 6) is 0.185. The van der Waals surface area contributed by atoms with Gasteiger partial charge in [-0.2, -0.15) is 11.3 Å². The predicted molar refractivity (Wildman–Crippen MR) is 114 cm³/mol. The van der Waals surface area contributed by atoms with E-state index in [-0.39, 0.29) is 18.4 Å². The minimum Gasteiger partial charge on any atom is -0.343 e. The van der Waals surface area contributed by atoms with E-state index in [1.165, 1.54) is 11.3 Å². The smallest absolute Gasteiger partial charge is 0.252 e. The van der Waals surface area contributed by atoms with Gasteiger partial charge < -0.3 is 15.2 Å². The monoisotopic (exact) mass is 404 g/mol. The summed E-state index contributed by atoms with van der Waals surface area (Å²) in [6.07, 6.45) is 0. The molecule has 2 heterocycles. The first-order valence-corrected chi connectivity index (χ1v) is 10.1. The van der Waals surface area contributed by atoms with Gasteiger partial charge in [0.05, 0.1) is 17.6 Å². The van der Waals surface area contributed by atoms with E-state index in [0.717, 1.165) is 22.4 Å². The molecule has 0 saturated heterocycles. The number of para-hydroxylation sites is 2. The Morgan fingerprint density at radius 1 is 1.07 bits per heavy atom. The highest BCUT2D eigenvalue weighted by atomic mass is 32.1. The predicted octanol–water partition coefficient (Wildman–Crippen LogP) is 3.27. The van der Waals surface area contributed by atoms with Crippen LogP contribution < -0.4 is 10.6 Å². The molecule has 1 unspecified atom stereocenters. The molecule has 7 heteroatoms. The van der Waals surface area contributed by atoms with Crippen LogP contribution in [0.5, 0.6) is 0 Å². The van der Waals surface area contributed by atoms with Crippen LogP contribution in [0.2, 0.25) is 0 Å². The normalized spacial score (nSPS) is 11.9. The third-order valence-electron chi connectivity index (χ3n) is 4.71. The van der Waals surface area contributed by atoms with Gasteiger partial charge in [-0.25, -0.2) is 4.98 Å². The summed E-state index contributed by atoms with van der Waals surface area (Å²) in [7, 11) is 1.94. The molecule has 0 bridgehead atoms. The van der Waals surface area contributed by atoms with Gasteiger partial charge in [-0.15, -0.1) is 0 Å². The van der Waals surface area contributed by atoms with Crippen LogP contribution in [0.25, 0.3) is 11.0 Å².